The molecule has 1 fully saturated rings. The predicted octanol–water partition coefficient (Wildman–Crippen LogP) is 3.05. The Balaban J connectivity index is 1.95. The van der Waals surface area contributed by atoms with E-state index in [0.29, 0.717) is 0 Å². The van der Waals surface area contributed by atoms with Crippen molar-refractivity contribution in [1.82, 2.24) is 5.32 Å². The molecule has 1 aliphatic heterocycles. The highest BCUT2D eigenvalue weighted by molar-refractivity contribution is 7.99. The molecular weight excluding hydrogens is 230 g/mol. The molecule has 2 unspecified atom stereocenters. The van der Waals surface area contributed by atoms with Gasteiger partial charge in [0.25, 0.3) is 0 Å². The Kier molecular flexibility index (Phi) is 6.90. The molecule has 1 rings (SSSR count). The summed E-state index contributed by atoms with van der Waals surface area (Å²) in [5.41, 5.74) is -0.487. The van der Waals surface area contributed by atoms with Crippen molar-refractivity contribution in [3.63, 3.8) is 0 Å². The summed E-state index contributed by atoms with van der Waals surface area (Å²) in [5, 5.41) is 13.3. The minimum absolute atomic E-state index is 0.487. The first-order valence-corrected chi connectivity index (χ1v) is 8.16. The first-order valence-electron chi connectivity index (χ1n) is 7.01. The summed E-state index contributed by atoms with van der Waals surface area (Å²) < 4.78 is 0. The molecule has 2 N–H and O–H groups in total. The van der Waals surface area contributed by atoms with Crippen molar-refractivity contribution in [1.29, 1.82) is 0 Å². The van der Waals surface area contributed by atoms with Gasteiger partial charge in [-0.25, -0.2) is 0 Å². The summed E-state index contributed by atoms with van der Waals surface area (Å²) in [4.78, 5) is 0. The zero-order valence-corrected chi connectivity index (χ0v) is 12.5. The van der Waals surface area contributed by atoms with Crippen LogP contribution in [-0.4, -0.2) is 34.8 Å². The lowest BCUT2D eigenvalue weighted by Gasteiger charge is -2.19. The minimum Gasteiger partial charge on any atom is -0.390 e. The van der Waals surface area contributed by atoms with Crippen LogP contribution in [0.1, 0.15) is 52.9 Å². The molecule has 0 spiro atoms. The van der Waals surface area contributed by atoms with E-state index in [1.165, 1.54) is 30.8 Å². The molecular formula is C14H29NOS. The first-order chi connectivity index (χ1) is 7.97. The van der Waals surface area contributed by atoms with Crippen molar-refractivity contribution in [3.8, 4) is 0 Å². The fourth-order valence-corrected chi connectivity index (χ4v) is 3.44. The van der Waals surface area contributed by atoms with Gasteiger partial charge in [-0.2, -0.15) is 11.8 Å². The molecule has 17 heavy (non-hydrogen) atoms. The standard InChI is InChI=1S/C14H29NOS/c1-12(5-4-8-14(2,3)16)6-9-15-13-7-10-17-11-13/h12-13,15-16H,4-11H2,1-3H3. The fraction of sp³-hybridized carbons (Fsp3) is 1.00. The quantitative estimate of drug-likeness (QED) is 0.703. The van der Waals surface area contributed by atoms with E-state index >= 15 is 0 Å². The second kappa shape index (κ2) is 7.65. The molecule has 102 valence electrons. The van der Waals surface area contributed by atoms with Crippen LogP contribution in [0.2, 0.25) is 0 Å². The van der Waals surface area contributed by atoms with Crippen LogP contribution in [0.4, 0.5) is 0 Å². The van der Waals surface area contributed by atoms with Gasteiger partial charge in [0.1, 0.15) is 0 Å². The van der Waals surface area contributed by atoms with Gasteiger partial charge in [0.15, 0.2) is 0 Å². The topological polar surface area (TPSA) is 32.3 Å². The summed E-state index contributed by atoms with van der Waals surface area (Å²) in [5.74, 6) is 3.41. The average Bonchev–Trinajstić information content (AvgIpc) is 2.68. The van der Waals surface area contributed by atoms with Crippen molar-refractivity contribution in [3.05, 3.63) is 0 Å². The Morgan fingerprint density at radius 2 is 2.18 bits per heavy atom. The van der Waals surface area contributed by atoms with Crippen LogP contribution < -0.4 is 5.32 Å². The number of rotatable bonds is 8. The van der Waals surface area contributed by atoms with Gasteiger partial charge in [0.2, 0.25) is 0 Å². The second-order valence-electron chi connectivity index (χ2n) is 6.11. The van der Waals surface area contributed by atoms with E-state index in [0.717, 1.165) is 31.3 Å². The maximum atomic E-state index is 9.64. The van der Waals surface area contributed by atoms with Gasteiger partial charge in [-0.05, 0) is 51.3 Å². The van der Waals surface area contributed by atoms with Gasteiger partial charge in [-0.1, -0.05) is 19.8 Å². The van der Waals surface area contributed by atoms with Gasteiger partial charge in [-0.3, -0.25) is 0 Å². The third kappa shape index (κ3) is 8.06. The molecule has 1 heterocycles. The zero-order chi connectivity index (χ0) is 12.7. The van der Waals surface area contributed by atoms with Crippen LogP contribution in [0.15, 0.2) is 0 Å². The minimum atomic E-state index is -0.487. The van der Waals surface area contributed by atoms with Crippen LogP contribution >= 0.6 is 11.8 Å². The summed E-state index contributed by atoms with van der Waals surface area (Å²) >= 11 is 2.07. The molecule has 0 amide bonds. The summed E-state index contributed by atoms with van der Waals surface area (Å²) in [6.07, 6.45) is 5.92. The lowest BCUT2D eigenvalue weighted by molar-refractivity contribution is 0.0669. The highest BCUT2D eigenvalue weighted by Crippen LogP contribution is 2.19. The predicted molar refractivity (Wildman–Crippen MR) is 77.7 cm³/mol. The van der Waals surface area contributed by atoms with Crippen molar-refractivity contribution < 1.29 is 5.11 Å². The number of hydrogen-bond acceptors (Lipinski definition) is 3. The van der Waals surface area contributed by atoms with Crippen LogP contribution in [0.25, 0.3) is 0 Å². The Hall–Kier alpha value is 0.270. The van der Waals surface area contributed by atoms with E-state index < -0.39 is 5.60 Å². The van der Waals surface area contributed by atoms with E-state index in [9.17, 15) is 5.11 Å². The SMILES string of the molecule is CC(CCCC(C)(C)O)CCNC1CCSC1. The molecule has 0 aromatic carbocycles. The monoisotopic (exact) mass is 259 g/mol. The lowest BCUT2D eigenvalue weighted by atomic mass is 9.95. The van der Waals surface area contributed by atoms with Gasteiger partial charge in [-0.15, -0.1) is 0 Å². The summed E-state index contributed by atoms with van der Waals surface area (Å²) in [6, 6.07) is 0.767. The molecule has 1 aliphatic rings. The van der Waals surface area contributed by atoms with E-state index in [1.807, 2.05) is 13.8 Å². The number of aliphatic hydroxyl groups is 1. The fourth-order valence-electron chi connectivity index (χ4n) is 2.26. The van der Waals surface area contributed by atoms with Crippen molar-refractivity contribution >= 4 is 11.8 Å². The van der Waals surface area contributed by atoms with E-state index in [2.05, 4.69) is 24.0 Å². The molecule has 3 heteroatoms. The van der Waals surface area contributed by atoms with Gasteiger partial charge >= 0.3 is 0 Å². The molecule has 0 aliphatic carbocycles. The van der Waals surface area contributed by atoms with E-state index in [4.69, 9.17) is 0 Å². The molecule has 1 saturated heterocycles. The summed E-state index contributed by atoms with van der Waals surface area (Å²) in [6.45, 7) is 7.29. The Morgan fingerprint density at radius 1 is 1.41 bits per heavy atom. The van der Waals surface area contributed by atoms with Crippen LogP contribution in [0, 0.1) is 5.92 Å². The van der Waals surface area contributed by atoms with E-state index in [1.54, 1.807) is 0 Å². The van der Waals surface area contributed by atoms with Crippen molar-refractivity contribution in [2.75, 3.05) is 18.1 Å². The van der Waals surface area contributed by atoms with Gasteiger partial charge in [0, 0.05) is 11.8 Å². The largest absolute Gasteiger partial charge is 0.390 e. The first kappa shape index (κ1) is 15.3. The van der Waals surface area contributed by atoms with E-state index in [-0.39, 0.29) is 0 Å². The third-order valence-electron chi connectivity index (χ3n) is 3.49. The maximum Gasteiger partial charge on any atom is 0.0591 e. The normalized spacial score (nSPS) is 22.9. The zero-order valence-electron chi connectivity index (χ0n) is 11.7. The Morgan fingerprint density at radius 3 is 2.76 bits per heavy atom. The maximum absolute atomic E-state index is 9.64. The molecule has 0 radical (unpaired) electrons. The van der Waals surface area contributed by atoms with Crippen LogP contribution in [0.5, 0.6) is 0 Å². The third-order valence-corrected chi connectivity index (χ3v) is 4.65. The highest BCUT2D eigenvalue weighted by atomic mass is 32.2. The van der Waals surface area contributed by atoms with Crippen LogP contribution in [0.3, 0.4) is 0 Å². The summed E-state index contributed by atoms with van der Waals surface area (Å²) in [7, 11) is 0. The molecule has 0 aromatic rings. The Labute approximate surface area is 111 Å². The number of nitrogens with one attached hydrogen (secondary N) is 1. The number of hydrogen-bond donors (Lipinski definition) is 2. The van der Waals surface area contributed by atoms with Gasteiger partial charge in [0.05, 0.1) is 5.60 Å². The lowest BCUT2D eigenvalue weighted by Crippen LogP contribution is -2.30. The highest BCUT2D eigenvalue weighted by Gasteiger charge is 2.15. The Bertz CT molecular complexity index is 197. The molecule has 0 saturated carbocycles. The van der Waals surface area contributed by atoms with Gasteiger partial charge < -0.3 is 10.4 Å². The number of thioether (sulfide) groups is 1. The van der Waals surface area contributed by atoms with Crippen molar-refractivity contribution in [2.45, 2.75) is 64.5 Å². The second-order valence-corrected chi connectivity index (χ2v) is 7.26. The average molecular weight is 259 g/mol. The molecule has 2 atom stereocenters. The molecule has 0 bridgehead atoms. The molecule has 2 nitrogen and oxygen atoms in total. The molecule has 0 aromatic heterocycles. The van der Waals surface area contributed by atoms with Crippen molar-refractivity contribution in [2.24, 2.45) is 5.92 Å². The smallest absolute Gasteiger partial charge is 0.0591 e. The van der Waals surface area contributed by atoms with Crippen LogP contribution in [-0.2, 0) is 0 Å².